The molecule has 3 nitrogen and oxygen atoms in total. The van der Waals surface area contributed by atoms with Crippen molar-refractivity contribution >= 4 is 5.91 Å². The molecule has 0 aromatic heterocycles. The molecule has 3 fully saturated rings. The lowest BCUT2D eigenvalue weighted by Crippen LogP contribution is -2.43. The van der Waals surface area contributed by atoms with Crippen LogP contribution >= 0.6 is 0 Å². The van der Waals surface area contributed by atoms with Gasteiger partial charge in [0.2, 0.25) is 5.91 Å². The van der Waals surface area contributed by atoms with Gasteiger partial charge >= 0.3 is 0 Å². The molecule has 21 heavy (non-hydrogen) atoms. The third kappa shape index (κ3) is 3.13. The second kappa shape index (κ2) is 6.28. The van der Waals surface area contributed by atoms with Gasteiger partial charge in [0.25, 0.3) is 0 Å². The average molecular weight is 292 g/mol. The second-order valence-corrected chi connectivity index (χ2v) is 8.26. The van der Waals surface area contributed by atoms with Gasteiger partial charge in [-0.05, 0) is 74.2 Å². The minimum atomic E-state index is 0.248. The van der Waals surface area contributed by atoms with Crippen LogP contribution in [0.3, 0.4) is 0 Å². The van der Waals surface area contributed by atoms with Crippen molar-refractivity contribution in [2.75, 3.05) is 6.54 Å². The van der Waals surface area contributed by atoms with Gasteiger partial charge in [-0.2, -0.15) is 0 Å². The fourth-order valence-corrected chi connectivity index (χ4v) is 5.69. The highest BCUT2D eigenvalue weighted by Crippen LogP contribution is 2.58. The first-order valence-corrected chi connectivity index (χ1v) is 9.08. The van der Waals surface area contributed by atoms with Crippen LogP contribution in [0.5, 0.6) is 0 Å². The molecule has 6 unspecified atom stereocenters. The standard InChI is InChI=1S/C18H32N2O/c1-11(2)6-12(10-19)7-18(21)20-17-9-13-8-16(17)15-5-3-4-14(13)15/h11-17H,3-10,19H2,1-2H3,(H,20,21). The Kier molecular flexibility index (Phi) is 4.58. The zero-order valence-electron chi connectivity index (χ0n) is 13.7. The van der Waals surface area contributed by atoms with Crippen molar-refractivity contribution in [3.63, 3.8) is 0 Å². The van der Waals surface area contributed by atoms with Gasteiger partial charge < -0.3 is 11.1 Å². The van der Waals surface area contributed by atoms with Gasteiger partial charge in [0.05, 0.1) is 0 Å². The molecular formula is C18H32N2O. The van der Waals surface area contributed by atoms with Gasteiger partial charge in [0, 0.05) is 12.5 Å². The molecule has 0 aromatic carbocycles. The average Bonchev–Trinajstić information content (AvgIpc) is 3.08. The molecule has 2 bridgehead atoms. The lowest BCUT2D eigenvalue weighted by atomic mass is 9.79. The molecule has 0 aliphatic heterocycles. The lowest BCUT2D eigenvalue weighted by Gasteiger charge is -2.32. The summed E-state index contributed by atoms with van der Waals surface area (Å²) in [7, 11) is 0. The highest BCUT2D eigenvalue weighted by molar-refractivity contribution is 5.76. The predicted molar refractivity (Wildman–Crippen MR) is 85.6 cm³/mol. The van der Waals surface area contributed by atoms with E-state index in [9.17, 15) is 4.79 Å². The van der Waals surface area contributed by atoms with Gasteiger partial charge in [-0.3, -0.25) is 4.79 Å². The zero-order chi connectivity index (χ0) is 15.0. The summed E-state index contributed by atoms with van der Waals surface area (Å²) in [4.78, 5) is 12.4. The Labute approximate surface area is 129 Å². The van der Waals surface area contributed by atoms with E-state index >= 15 is 0 Å². The maximum Gasteiger partial charge on any atom is 0.220 e. The minimum Gasteiger partial charge on any atom is -0.353 e. The van der Waals surface area contributed by atoms with Crippen LogP contribution in [0.4, 0.5) is 0 Å². The van der Waals surface area contributed by atoms with Gasteiger partial charge in [-0.25, -0.2) is 0 Å². The Morgan fingerprint density at radius 3 is 2.67 bits per heavy atom. The predicted octanol–water partition coefficient (Wildman–Crippen LogP) is 2.94. The topological polar surface area (TPSA) is 55.1 Å². The molecule has 0 saturated heterocycles. The number of amides is 1. The van der Waals surface area contributed by atoms with Crippen LogP contribution in [-0.2, 0) is 4.79 Å². The van der Waals surface area contributed by atoms with Crippen LogP contribution in [0.2, 0.25) is 0 Å². The van der Waals surface area contributed by atoms with Crippen molar-refractivity contribution in [1.29, 1.82) is 0 Å². The fourth-order valence-electron chi connectivity index (χ4n) is 5.69. The number of rotatable bonds is 6. The second-order valence-electron chi connectivity index (χ2n) is 8.26. The Hall–Kier alpha value is -0.570. The van der Waals surface area contributed by atoms with E-state index in [-0.39, 0.29) is 5.91 Å². The Balaban J connectivity index is 1.50. The van der Waals surface area contributed by atoms with Crippen molar-refractivity contribution in [3.05, 3.63) is 0 Å². The molecule has 3 heteroatoms. The third-order valence-electron chi connectivity index (χ3n) is 6.39. The van der Waals surface area contributed by atoms with Crippen LogP contribution < -0.4 is 11.1 Å². The molecular weight excluding hydrogens is 260 g/mol. The molecule has 3 N–H and O–H groups in total. The van der Waals surface area contributed by atoms with Crippen molar-refractivity contribution in [2.45, 2.75) is 64.8 Å². The van der Waals surface area contributed by atoms with Crippen molar-refractivity contribution < 1.29 is 4.79 Å². The Morgan fingerprint density at radius 1 is 1.19 bits per heavy atom. The van der Waals surface area contributed by atoms with Crippen molar-refractivity contribution in [1.82, 2.24) is 5.32 Å². The minimum absolute atomic E-state index is 0.248. The van der Waals surface area contributed by atoms with Crippen LogP contribution in [-0.4, -0.2) is 18.5 Å². The molecule has 3 aliphatic rings. The summed E-state index contributed by atoms with van der Waals surface area (Å²) < 4.78 is 0. The van der Waals surface area contributed by atoms with Gasteiger partial charge in [0.1, 0.15) is 0 Å². The summed E-state index contributed by atoms with van der Waals surface area (Å²) in [5, 5.41) is 3.37. The highest BCUT2D eigenvalue weighted by atomic mass is 16.1. The number of hydrogen-bond donors (Lipinski definition) is 2. The van der Waals surface area contributed by atoms with Crippen LogP contribution in [0.1, 0.15) is 58.8 Å². The van der Waals surface area contributed by atoms with E-state index in [4.69, 9.17) is 5.73 Å². The van der Waals surface area contributed by atoms with E-state index in [2.05, 4.69) is 19.2 Å². The first kappa shape index (κ1) is 15.3. The number of fused-ring (bicyclic) bond motifs is 5. The Bertz CT molecular complexity index is 381. The fraction of sp³-hybridized carbons (Fsp3) is 0.944. The summed E-state index contributed by atoms with van der Waals surface area (Å²) in [6.07, 6.45) is 8.60. The normalized spacial score (nSPS) is 38.8. The van der Waals surface area contributed by atoms with Gasteiger partial charge in [-0.1, -0.05) is 20.3 Å². The molecule has 3 rings (SSSR count). The molecule has 3 aliphatic carbocycles. The molecule has 0 spiro atoms. The van der Waals surface area contributed by atoms with Crippen molar-refractivity contribution in [2.24, 2.45) is 41.2 Å². The highest BCUT2D eigenvalue weighted by Gasteiger charge is 2.53. The number of hydrogen-bond acceptors (Lipinski definition) is 2. The molecule has 6 atom stereocenters. The molecule has 120 valence electrons. The summed E-state index contributed by atoms with van der Waals surface area (Å²) in [6.45, 7) is 5.04. The zero-order valence-corrected chi connectivity index (χ0v) is 13.7. The van der Waals surface area contributed by atoms with E-state index in [0.717, 1.165) is 30.1 Å². The van der Waals surface area contributed by atoms with E-state index in [1.54, 1.807) is 0 Å². The summed E-state index contributed by atoms with van der Waals surface area (Å²) in [6, 6.07) is 0.472. The van der Waals surface area contributed by atoms with E-state index in [1.165, 1.54) is 32.1 Å². The number of carbonyl (C=O) groups excluding carboxylic acids is 1. The van der Waals surface area contributed by atoms with Crippen molar-refractivity contribution in [3.8, 4) is 0 Å². The number of nitrogens with one attached hydrogen (secondary N) is 1. The number of carbonyl (C=O) groups is 1. The molecule has 0 heterocycles. The van der Waals surface area contributed by atoms with E-state index in [1.807, 2.05) is 0 Å². The summed E-state index contributed by atoms with van der Waals surface area (Å²) in [5.74, 6) is 4.84. The lowest BCUT2D eigenvalue weighted by molar-refractivity contribution is -0.123. The largest absolute Gasteiger partial charge is 0.353 e. The molecule has 1 amide bonds. The first-order chi connectivity index (χ1) is 10.1. The monoisotopic (exact) mass is 292 g/mol. The third-order valence-corrected chi connectivity index (χ3v) is 6.39. The quantitative estimate of drug-likeness (QED) is 0.791. The summed E-state index contributed by atoms with van der Waals surface area (Å²) >= 11 is 0. The smallest absolute Gasteiger partial charge is 0.220 e. The summed E-state index contributed by atoms with van der Waals surface area (Å²) in [5.41, 5.74) is 5.83. The molecule has 0 radical (unpaired) electrons. The maximum atomic E-state index is 12.4. The first-order valence-electron chi connectivity index (χ1n) is 9.08. The van der Waals surface area contributed by atoms with E-state index < -0.39 is 0 Å². The molecule has 0 aromatic rings. The number of nitrogens with two attached hydrogens (primary N) is 1. The van der Waals surface area contributed by atoms with Crippen LogP contribution in [0, 0.1) is 35.5 Å². The van der Waals surface area contributed by atoms with E-state index in [0.29, 0.717) is 30.8 Å². The Morgan fingerprint density at radius 2 is 1.95 bits per heavy atom. The maximum absolute atomic E-state index is 12.4. The molecule has 3 saturated carbocycles. The van der Waals surface area contributed by atoms with Gasteiger partial charge in [0.15, 0.2) is 0 Å². The SMILES string of the molecule is CC(C)CC(CN)CC(=O)NC1CC2CC1C1CCCC21. The van der Waals surface area contributed by atoms with Crippen LogP contribution in [0.15, 0.2) is 0 Å². The van der Waals surface area contributed by atoms with Crippen LogP contribution in [0.25, 0.3) is 0 Å². The van der Waals surface area contributed by atoms with Gasteiger partial charge in [-0.15, -0.1) is 0 Å².